The molecule has 0 bridgehead atoms. The Morgan fingerprint density at radius 1 is 1.08 bits per heavy atom. The minimum atomic E-state index is 0.176. The lowest BCUT2D eigenvalue weighted by Crippen LogP contribution is -2.53. The number of hydrogen-bond donors (Lipinski definition) is 0. The SMILES string of the molecule is CN(C(=O)CN1CCN(C2CSCCSC2)CC1)c1ccccc1. The van der Waals surface area contributed by atoms with Gasteiger partial charge in [-0.25, -0.2) is 0 Å². The fourth-order valence-corrected chi connectivity index (χ4v) is 5.82. The highest BCUT2D eigenvalue weighted by atomic mass is 32.2. The average Bonchev–Trinajstić information content (AvgIpc) is 2.92. The Morgan fingerprint density at radius 2 is 1.71 bits per heavy atom. The van der Waals surface area contributed by atoms with Gasteiger partial charge in [0.15, 0.2) is 0 Å². The molecule has 0 atom stereocenters. The molecule has 4 nitrogen and oxygen atoms in total. The van der Waals surface area contributed by atoms with Crippen LogP contribution in [0.1, 0.15) is 0 Å². The van der Waals surface area contributed by atoms with Gasteiger partial charge in [-0.1, -0.05) is 18.2 Å². The van der Waals surface area contributed by atoms with E-state index in [2.05, 4.69) is 33.3 Å². The molecule has 132 valence electrons. The van der Waals surface area contributed by atoms with E-state index in [1.807, 2.05) is 37.4 Å². The van der Waals surface area contributed by atoms with Gasteiger partial charge < -0.3 is 4.90 Å². The van der Waals surface area contributed by atoms with Crippen LogP contribution in [0.3, 0.4) is 0 Å². The molecule has 3 rings (SSSR count). The molecule has 2 heterocycles. The average molecular weight is 366 g/mol. The van der Waals surface area contributed by atoms with E-state index < -0.39 is 0 Å². The summed E-state index contributed by atoms with van der Waals surface area (Å²) in [6.45, 7) is 4.70. The lowest BCUT2D eigenvalue weighted by atomic mass is 10.2. The molecule has 1 aromatic rings. The molecular weight excluding hydrogens is 338 g/mol. The van der Waals surface area contributed by atoms with Crippen LogP contribution in [0.2, 0.25) is 0 Å². The predicted molar refractivity (Wildman–Crippen MR) is 106 cm³/mol. The Kier molecular flexibility index (Phi) is 6.89. The van der Waals surface area contributed by atoms with Crippen molar-refractivity contribution in [3.63, 3.8) is 0 Å². The molecule has 0 aliphatic carbocycles. The third-order valence-electron chi connectivity index (χ3n) is 4.79. The van der Waals surface area contributed by atoms with E-state index >= 15 is 0 Å². The van der Waals surface area contributed by atoms with Gasteiger partial charge >= 0.3 is 0 Å². The van der Waals surface area contributed by atoms with E-state index in [0.29, 0.717) is 12.6 Å². The number of carbonyl (C=O) groups excluding carboxylic acids is 1. The first-order valence-corrected chi connectivity index (χ1v) is 11.0. The van der Waals surface area contributed by atoms with Gasteiger partial charge in [-0.3, -0.25) is 14.6 Å². The van der Waals surface area contributed by atoms with Crippen LogP contribution in [-0.2, 0) is 4.79 Å². The summed E-state index contributed by atoms with van der Waals surface area (Å²) < 4.78 is 0. The molecule has 0 spiro atoms. The van der Waals surface area contributed by atoms with Crippen molar-refractivity contribution in [1.29, 1.82) is 0 Å². The standard InChI is InChI=1S/C18H27N3OS2/c1-19(16-5-3-2-4-6-16)18(22)13-20-7-9-21(10-8-20)17-14-23-11-12-24-15-17/h2-6,17H,7-15H2,1H3. The number of anilines is 1. The second-order valence-corrected chi connectivity index (χ2v) is 8.70. The quantitative estimate of drug-likeness (QED) is 0.815. The number of likely N-dealkylation sites (N-methyl/N-ethyl adjacent to an activating group) is 1. The molecule has 2 aliphatic rings. The molecule has 6 heteroatoms. The Labute approximate surface area is 153 Å². The van der Waals surface area contributed by atoms with Crippen molar-refractivity contribution in [2.75, 3.05) is 67.7 Å². The summed E-state index contributed by atoms with van der Waals surface area (Å²) in [4.78, 5) is 19.2. The van der Waals surface area contributed by atoms with Crippen LogP contribution in [0.4, 0.5) is 5.69 Å². The first-order valence-electron chi connectivity index (χ1n) is 8.67. The third-order valence-corrected chi connectivity index (χ3v) is 7.28. The number of piperazine rings is 1. The second-order valence-electron chi connectivity index (χ2n) is 6.40. The first kappa shape index (κ1) is 18.1. The molecule has 1 aromatic carbocycles. The summed E-state index contributed by atoms with van der Waals surface area (Å²) in [6, 6.07) is 10.6. The zero-order valence-corrected chi connectivity index (χ0v) is 16.0. The van der Waals surface area contributed by atoms with E-state index in [1.54, 1.807) is 4.90 Å². The van der Waals surface area contributed by atoms with E-state index in [1.165, 1.54) is 23.0 Å². The maximum Gasteiger partial charge on any atom is 0.240 e. The molecule has 0 N–H and O–H groups in total. The minimum Gasteiger partial charge on any atom is -0.314 e. The second kappa shape index (κ2) is 9.13. The molecule has 1 amide bonds. The first-order chi connectivity index (χ1) is 11.7. The summed E-state index contributed by atoms with van der Waals surface area (Å²) in [5.41, 5.74) is 0.966. The fourth-order valence-electron chi connectivity index (χ4n) is 3.20. The number of carbonyl (C=O) groups is 1. The van der Waals surface area contributed by atoms with Gasteiger partial charge in [0.1, 0.15) is 0 Å². The van der Waals surface area contributed by atoms with Gasteiger partial charge in [-0.05, 0) is 12.1 Å². The van der Waals surface area contributed by atoms with Crippen LogP contribution >= 0.6 is 23.5 Å². The minimum absolute atomic E-state index is 0.176. The summed E-state index contributed by atoms with van der Waals surface area (Å²) in [5, 5.41) is 0. The monoisotopic (exact) mass is 365 g/mol. The Bertz CT molecular complexity index is 512. The molecule has 0 unspecified atom stereocenters. The van der Waals surface area contributed by atoms with Crippen molar-refractivity contribution >= 4 is 35.1 Å². The number of para-hydroxylation sites is 1. The van der Waals surface area contributed by atoms with Crippen molar-refractivity contribution in [3.05, 3.63) is 30.3 Å². The van der Waals surface area contributed by atoms with Gasteiger partial charge in [-0.2, -0.15) is 23.5 Å². The number of nitrogens with zero attached hydrogens (tertiary/aromatic N) is 3. The lowest BCUT2D eigenvalue weighted by Gasteiger charge is -2.38. The van der Waals surface area contributed by atoms with Gasteiger partial charge in [0.2, 0.25) is 5.91 Å². The van der Waals surface area contributed by atoms with Gasteiger partial charge in [0.05, 0.1) is 6.54 Å². The zero-order valence-electron chi connectivity index (χ0n) is 14.4. The molecular formula is C18H27N3OS2. The molecule has 24 heavy (non-hydrogen) atoms. The van der Waals surface area contributed by atoms with Crippen LogP contribution in [-0.4, -0.2) is 84.5 Å². The van der Waals surface area contributed by atoms with Crippen LogP contribution in [0.25, 0.3) is 0 Å². The lowest BCUT2D eigenvalue weighted by molar-refractivity contribution is -0.119. The van der Waals surface area contributed by atoms with Crippen molar-refractivity contribution in [1.82, 2.24) is 9.80 Å². The number of benzene rings is 1. The van der Waals surface area contributed by atoms with Crippen molar-refractivity contribution in [2.45, 2.75) is 6.04 Å². The summed E-state index contributed by atoms with van der Waals surface area (Å²) >= 11 is 4.19. The molecule has 2 fully saturated rings. The van der Waals surface area contributed by atoms with Gasteiger partial charge in [0, 0.05) is 68.0 Å². The summed E-state index contributed by atoms with van der Waals surface area (Å²) in [5.74, 6) is 5.30. The van der Waals surface area contributed by atoms with E-state index in [0.717, 1.165) is 31.9 Å². The van der Waals surface area contributed by atoms with E-state index in [9.17, 15) is 4.79 Å². The maximum absolute atomic E-state index is 12.5. The Balaban J connectivity index is 1.45. The van der Waals surface area contributed by atoms with E-state index in [-0.39, 0.29) is 5.91 Å². The number of hydrogen-bond acceptors (Lipinski definition) is 5. The third kappa shape index (κ3) is 4.91. The predicted octanol–water partition coefficient (Wildman–Crippen LogP) is 2.12. The number of rotatable bonds is 4. The van der Waals surface area contributed by atoms with Crippen LogP contribution < -0.4 is 4.90 Å². The summed E-state index contributed by atoms with van der Waals surface area (Å²) in [6.07, 6.45) is 0. The van der Waals surface area contributed by atoms with Crippen molar-refractivity contribution in [3.8, 4) is 0 Å². The molecule has 0 aromatic heterocycles. The van der Waals surface area contributed by atoms with Gasteiger partial charge in [0.25, 0.3) is 0 Å². The van der Waals surface area contributed by atoms with Crippen LogP contribution in [0.5, 0.6) is 0 Å². The van der Waals surface area contributed by atoms with Crippen molar-refractivity contribution in [2.24, 2.45) is 0 Å². The number of amides is 1. The van der Waals surface area contributed by atoms with Gasteiger partial charge in [-0.15, -0.1) is 0 Å². The smallest absolute Gasteiger partial charge is 0.240 e. The Hall–Kier alpha value is -0.690. The van der Waals surface area contributed by atoms with Crippen LogP contribution in [0, 0.1) is 0 Å². The zero-order chi connectivity index (χ0) is 16.8. The molecule has 2 aliphatic heterocycles. The highest BCUT2D eigenvalue weighted by Gasteiger charge is 2.26. The molecule has 2 saturated heterocycles. The topological polar surface area (TPSA) is 26.8 Å². The highest BCUT2D eigenvalue weighted by Crippen LogP contribution is 2.21. The normalized spacial score (nSPS) is 21.4. The summed E-state index contributed by atoms with van der Waals surface area (Å²) in [7, 11) is 1.87. The molecule has 0 saturated carbocycles. The fraction of sp³-hybridized carbons (Fsp3) is 0.611. The highest BCUT2D eigenvalue weighted by molar-refractivity contribution is 8.03. The maximum atomic E-state index is 12.5. The Morgan fingerprint density at radius 3 is 2.33 bits per heavy atom. The van der Waals surface area contributed by atoms with Crippen LogP contribution in [0.15, 0.2) is 30.3 Å². The largest absolute Gasteiger partial charge is 0.314 e. The number of thioether (sulfide) groups is 2. The van der Waals surface area contributed by atoms with Crippen molar-refractivity contribution < 1.29 is 4.79 Å². The molecule has 0 radical (unpaired) electrons. The van der Waals surface area contributed by atoms with E-state index in [4.69, 9.17) is 0 Å².